The molecule has 20 heavy (non-hydrogen) atoms. The monoisotopic (exact) mass is 295 g/mol. The smallest absolute Gasteiger partial charge is 0.311 e. The molecule has 0 unspecified atom stereocenters. The van der Waals surface area contributed by atoms with Gasteiger partial charge in [0.2, 0.25) is 5.75 Å². The average Bonchev–Trinajstić information content (AvgIpc) is 2.42. The summed E-state index contributed by atoms with van der Waals surface area (Å²) in [5.41, 5.74) is 0.906. The summed E-state index contributed by atoms with van der Waals surface area (Å²) >= 11 is 5.73. The van der Waals surface area contributed by atoms with E-state index in [9.17, 15) is 14.5 Å². The molecule has 104 valence electrons. The van der Waals surface area contributed by atoms with Crippen LogP contribution in [-0.4, -0.2) is 4.92 Å². The molecule has 6 heteroatoms. The molecule has 0 bridgehead atoms. The summed E-state index contributed by atoms with van der Waals surface area (Å²) in [5.74, 6) is 0.0498. The van der Waals surface area contributed by atoms with Crippen LogP contribution in [0.25, 0.3) is 0 Å². The number of ether oxygens (including phenoxy) is 1. The normalized spacial score (nSPS) is 10.3. The topological polar surface area (TPSA) is 52.4 Å². The van der Waals surface area contributed by atoms with Crippen LogP contribution in [0.4, 0.5) is 10.1 Å². The van der Waals surface area contributed by atoms with E-state index in [1.807, 2.05) is 0 Å². The van der Waals surface area contributed by atoms with Crippen LogP contribution >= 0.6 is 11.6 Å². The number of nitrogens with zero attached hydrogens (tertiary/aromatic N) is 1. The lowest BCUT2D eigenvalue weighted by Gasteiger charge is -2.11. The van der Waals surface area contributed by atoms with Crippen LogP contribution in [0.3, 0.4) is 0 Å². The second-order valence-corrected chi connectivity index (χ2v) is 4.44. The van der Waals surface area contributed by atoms with Crippen LogP contribution in [-0.2, 0) is 5.88 Å². The fourth-order valence-electron chi connectivity index (χ4n) is 1.78. The SMILES string of the molecule is Cc1cccc([N+](=O)[O-])c1Oc1ccc(F)cc1CCl. The summed E-state index contributed by atoms with van der Waals surface area (Å²) < 4.78 is 18.7. The number of aryl methyl sites for hydroxylation is 1. The summed E-state index contributed by atoms with van der Waals surface area (Å²) in [6, 6.07) is 8.50. The van der Waals surface area contributed by atoms with Gasteiger partial charge < -0.3 is 4.74 Å². The van der Waals surface area contributed by atoms with E-state index in [-0.39, 0.29) is 17.3 Å². The molecule has 0 saturated heterocycles. The molecule has 0 heterocycles. The first-order chi connectivity index (χ1) is 9.52. The predicted molar refractivity (Wildman–Crippen MR) is 73.9 cm³/mol. The summed E-state index contributed by atoms with van der Waals surface area (Å²) in [6.45, 7) is 1.70. The molecule has 0 fully saturated rings. The molecule has 0 radical (unpaired) electrons. The molecule has 4 nitrogen and oxygen atoms in total. The Morgan fingerprint density at radius 2 is 2.10 bits per heavy atom. The lowest BCUT2D eigenvalue weighted by molar-refractivity contribution is -0.385. The van der Waals surface area contributed by atoms with Gasteiger partial charge in [-0.15, -0.1) is 11.6 Å². The maximum Gasteiger partial charge on any atom is 0.311 e. The van der Waals surface area contributed by atoms with Gasteiger partial charge >= 0.3 is 5.69 Å². The molecule has 0 spiro atoms. The van der Waals surface area contributed by atoms with Crippen LogP contribution in [0.2, 0.25) is 0 Å². The fourth-order valence-corrected chi connectivity index (χ4v) is 1.98. The Labute approximate surface area is 119 Å². The third kappa shape index (κ3) is 2.88. The summed E-state index contributed by atoms with van der Waals surface area (Å²) in [7, 11) is 0. The van der Waals surface area contributed by atoms with E-state index < -0.39 is 10.7 Å². The molecule has 0 aliphatic rings. The first-order valence-corrected chi connectivity index (χ1v) is 6.32. The van der Waals surface area contributed by atoms with E-state index in [2.05, 4.69) is 0 Å². The molecule has 0 aliphatic carbocycles. The maximum atomic E-state index is 13.1. The molecule has 2 rings (SSSR count). The van der Waals surface area contributed by atoms with Crippen LogP contribution < -0.4 is 4.74 Å². The second kappa shape index (κ2) is 5.88. The number of rotatable bonds is 4. The molecular formula is C14H11ClFNO3. The Hall–Kier alpha value is -2.14. The van der Waals surface area contributed by atoms with E-state index in [1.54, 1.807) is 19.1 Å². The highest BCUT2D eigenvalue weighted by Crippen LogP contribution is 2.36. The highest BCUT2D eigenvalue weighted by Gasteiger charge is 2.19. The van der Waals surface area contributed by atoms with Crippen molar-refractivity contribution >= 4 is 17.3 Å². The van der Waals surface area contributed by atoms with Gasteiger partial charge in [-0.1, -0.05) is 12.1 Å². The second-order valence-electron chi connectivity index (χ2n) is 4.17. The standard InChI is InChI=1S/C14H11ClFNO3/c1-9-3-2-4-12(17(18)19)14(9)20-13-6-5-11(16)7-10(13)8-15/h2-7H,8H2,1H3. The Morgan fingerprint density at radius 3 is 2.75 bits per heavy atom. The van der Waals surface area contributed by atoms with E-state index in [0.29, 0.717) is 16.9 Å². The van der Waals surface area contributed by atoms with Crippen molar-refractivity contribution in [3.8, 4) is 11.5 Å². The maximum absolute atomic E-state index is 13.1. The zero-order valence-corrected chi connectivity index (χ0v) is 11.4. The highest BCUT2D eigenvalue weighted by atomic mass is 35.5. The molecule has 0 aliphatic heterocycles. The van der Waals surface area contributed by atoms with Crippen molar-refractivity contribution in [1.29, 1.82) is 0 Å². The first kappa shape index (κ1) is 14.3. The number of para-hydroxylation sites is 1. The third-order valence-corrected chi connectivity index (χ3v) is 3.05. The molecule has 2 aromatic carbocycles. The van der Waals surface area contributed by atoms with Crippen molar-refractivity contribution in [2.75, 3.05) is 0 Å². The van der Waals surface area contributed by atoms with E-state index >= 15 is 0 Å². The highest BCUT2D eigenvalue weighted by molar-refractivity contribution is 6.17. The Kier molecular flexibility index (Phi) is 4.20. The number of hydrogen-bond donors (Lipinski definition) is 0. The van der Waals surface area contributed by atoms with Crippen molar-refractivity contribution in [2.24, 2.45) is 0 Å². The number of alkyl halides is 1. The Balaban J connectivity index is 2.47. The number of hydrogen-bond acceptors (Lipinski definition) is 3. The number of nitro groups is 1. The Morgan fingerprint density at radius 1 is 1.35 bits per heavy atom. The van der Waals surface area contributed by atoms with Crippen LogP contribution in [0.1, 0.15) is 11.1 Å². The van der Waals surface area contributed by atoms with Gasteiger partial charge in [0.15, 0.2) is 0 Å². The summed E-state index contributed by atoms with van der Waals surface area (Å²) in [4.78, 5) is 10.5. The van der Waals surface area contributed by atoms with Crippen molar-refractivity contribution in [1.82, 2.24) is 0 Å². The van der Waals surface area contributed by atoms with Gasteiger partial charge in [-0.3, -0.25) is 10.1 Å². The van der Waals surface area contributed by atoms with Gasteiger partial charge in [-0.05, 0) is 30.7 Å². The van der Waals surface area contributed by atoms with E-state index in [0.717, 1.165) is 0 Å². The Bertz CT molecular complexity index is 661. The minimum Gasteiger partial charge on any atom is -0.450 e. The molecule has 2 aromatic rings. The number of nitro benzene ring substituents is 1. The van der Waals surface area contributed by atoms with Gasteiger partial charge in [-0.25, -0.2) is 4.39 Å². The van der Waals surface area contributed by atoms with Crippen molar-refractivity contribution in [3.05, 3.63) is 63.5 Å². The van der Waals surface area contributed by atoms with Crippen molar-refractivity contribution in [2.45, 2.75) is 12.8 Å². The zero-order chi connectivity index (χ0) is 14.7. The minimum absolute atomic E-state index is 0.0484. The van der Waals surface area contributed by atoms with Gasteiger partial charge in [0, 0.05) is 11.6 Å². The fraction of sp³-hybridized carbons (Fsp3) is 0.143. The van der Waals surface area contributed by atoms with Crippen LogP contribution in [0.5, 0.6) is 11.5 Å². The van der Waals surface area contributed by atoms with Crippen LogP contribution in [0.15, 0.2) is 36.4 Å². The molecule has 0 N–H and O–H groups in total. The quantitative estimate of drug-likeness (QED) is 0.471. The molecule has 0 amide bonds. The average molecular weight is 296 g/mol. The van der Waals surface area contributed by atoms with Gasteiger partial charge in [-0.2, -0.15) is 0 Å². The molecule has 0 aromatic heterocycles. The molecule has 0 atom stereocenters. The largest absolute Gasteiger partial charge is 0.450 e. The lowest BCUT2D eigenvalue weighted by atomic mass is 10.2. The van der Waals surface area contributed by atoms with Crippen molar-refractivity contribution in [3.63, 3.8) is 0 Å². The zero-order valence-electron chi connectivity index (χ0n) is 10.6. The van der Waals surface area contributed by atoms with E-state index in [1.165, 1.54) is 24.3 Å². The van der Waals surface area contributed by atoms with Crippen LogP contribution in [0, 0.1) is 22.9 Å². The van der Waals surface area contributed by atoms with E-state index in [4.69, 9.17) is 16.3 Å². The summed E-state index contributed by atoms with van der Waals surface area (Å²) in [6.07, 6.45) is 0. The van der Waals surface area contributed by atoms with Crippen molar-refractivity contribution < 1.29 is 14.1 Å². The molecule has 0 saturated carbocycles. The summed E-state index contributed by atoms with van der Waals surface area (Å²) in [5, 5.41) is 11.0. The predicted octanol–water partition coefficient (Wildman–Crippen LogP) is 4.57. The molecular weight excluding hydrogens is 285 g/mol. The lowest BCUT2D eigenvalue weighted by Crippen LogP contribution is -1.97. The number of halogens is 2. The van der Waals surface area contributed by atoms with Gasteiger partial charge in [0.1, 0.15) is 11.6 Å². The van der Waals surface area contributed by atoms with Gasteiger partial charge in [0.25, 0.3) is 0 Å². The number of benzene rings is 2. The van der Waals surface area contributed by atoms with Gasteiger partial charge in [0.05, 0.1) is 10.8 Å². The minimum atomic E-state index is -0.522. The first-order valence-electron chi connectivity index (χ1n) is 5.79. The third-order valence-electron chi connectivity index (χ3n) is 2.77.